The normalized spacial score (nSPS) is 14.6. The van der Waals surface area contributed by atoms with Crippen LogP contribution in [0.4, 0.5) is 0 Å². The molecule has 0 fully saturated rings. The molecule has 0 amide bonds. The predicted octanol–water partition coefficient (Wildman–Crippen LogP) is 0.891. The third-order valence-corrected chi connectivity index (χ3v) is 2.95. The Morgan fingerprint density at radius 2 is 1.68 bits per heavy atom. The molecule has 0 aliphatic carbocycles. The number of rotatable bonds is 10. The fourth-order valence-electron chi connectivity index (χ4n) is 1.93. The van der Waals surface area contributed by atoms with Gasteiger partial charge in [0.2, 0.25) is 0 Å². The van der Waals surface area contributed by atoms with E-state index in [9.17, 15) is 14.7 Å². The van der Waals surface area contributed by atoms with Gasteiger partial charge in [0.25, 0.3) is 0 Å². The van der Waals surface area contributed by atoms with Crippen molar-refractivity contribution in [2.24, 2.45) is 11.8 Å². The fourth-order valence-corrected chi connectivity index (χ4v) is 1.93. The second-order valence-corrected chi connectivity index (χ2v) is 5.29. The largest absolute Gasteiger partial charge is 0.481 e. The first kappa shape index (κ1) is 17.9. The van der Waals surface area contributed by atoms with E-state index in [0.717, 1.165) is 0 Å². The van der Waals surface area contributed by atoms with Crippen molar-refractivity contribution >= 4 is 11.9 Å². The molecule has 0 radical (unpaired) electrons. The summed E-state index contributed by atoms with van der Waals surface area (Å²) in [7, 11) is 0. The van der Waals surface area contributed by atoms with Crippen molar-refractivity contribution in [2.75, 3.05) is 19.7 Å². The van der Waals surface area contributed by atoms with Gasteiger partial charge in [-0.1, -0.05) is 20.8 Å². The standard InChI is InChI=1S/C13H25NO5/c1-9(2)7-11(13(18)19)14(5-4-6-15)8-10(3)12(16)17/h9-11,15H,4-8H2,1-3H3,(H,16,17)(H,18,19). The average molecular weight is 275 g/mol. The molecule has 0 aromatic rings. The summed E-state index contributed by atoms with van der Waals surface area (Å²) in [6.45, 7) is 5.95. The second-order valence-electron chi connectivity index (χ2n) is 5.29. The van der Waals surface area contributed by atoms with Gasteiger partial charge in [-0.25, -0.2) is 0 Å². The van der Waals surface area contributed by atoms with Crippen molar-refractivity contribution in [1.82, 2.24) is 4.90 Å². The summed E-state index contributed by atoms with van der Waals surface area (Å²) in [6, 6.07) is -0.701. The van der Waals surface area contributed by atoms with Gasteiger partial charge in [-0.3, -0.25) is 14.5 Å². The summed E-state index contributed by atoms with van der Waals surface area (Å²) >= 11 is 0. The first-order chi connectivity index (χ1) is 8.79. The Morgan fingerprint density at radius 1 is 1.11 bits per heavy atom. The van der Waals surface area contributed by atoms with Crippen molar-refractivity contribution in [3.8, 4) is 0 Å². The Morgan fingerprint density at radius 3 is 2.05 bits per heavy atom. The zero-order chi connectivity index (χ0) is 15.0. The maximum atomic E-state index is 11.3. The Bertz CT molecular complexity index is 293. The van der Waals surface area contributed by atoms with Gasteiger partial charge in [0, 0.05) is 19.7 Å². The molecule has 6 heteroatoms. The summed E-state index contributed by atoms with van der Waals surface area (Å²) in [4.78, 5) is 23.9. The molecule has 0 heterocycles. The maximum Gasteiger partial charge on any atom is 0.320 e. The summed E-state index contributed by atoms with van der Waals surface area (Å²) < 4.78 is 0. The molecule has 0 aliphatic rings. The lowest BCUT2D eigenvalue weighted by atomic mass is 10.0. The third kappa shape index (κ3) is 7.12. The van der Waals surface area contributed by atoms with Crippen molar-refractivity contribution < 1.29 is 24.9 Å². The molecule has 2 unspecified atom stereocenters. The van der Waals surface area contributed by atoms with Crippen LogP contribution in [0.15, 0.2) is 0 Å². The number of aliphatic hydroxyl groups excluding tert-OH is 1. The van der Waals surface area contributed by atoms with Crippen LogP contribution in [0, 0.1) is 11.8 Å². The molecule has 0 aromatic heterocycles. The number of carboxylic acids is 2. The van der Waals surface area contributed by atoms with Crippen molar-refractivity contribution in [2.45, 2.75) is 39.7 Å². The van der Waals surface area contributed by atoms with Gasteiger partial charge in [0.1, 0.15) is 6.04 Å². The number of carbonyl (C=O) groups is 2. The van der Waals surface area contributed by atoms with E-state index in [-0.39, 0.29) is 19.1 Å². The van der Waals surface area contributed by atoms with Gasteiger partial charge in [-0.15, -0.1) is 0 Å². The highest BCUT2D eigenvalue weighted by Gasteiger charge is 2.28. The number of aliphatic carboxylic acids is 2. The van der Waals surface area contributed by atoms with E-state index < -0.39 is 23.9 Å². The number of hydrogen-bond acceptors (Lipinski definition) is 4. The van der Waals surface area contributed by atoms with Crippen LogP contribution in [0.25, 0.3) is 0 Å². The quantitative estimate of drug-likeness (QED) is 0.548. The van der Waals surface area contributed by atoms with E-state index in [4.69, 9.17) is 10.2 Å². The molecule has 6 nitrogen and oxygen atoms in total. The lowest BCUT2D eigenvalue weighted by molar-refractivity contribution is -0.147. The molecular formula is C13H25NO5. The monoisotopic (exact) mass is 275 g/mol. The van der Waals surface area contributed by atoms with Gasteiger partial charge < -0.3 is 15.3 Å². The molecule has 0 bridgehead atoms. The molecule has 19 heavy (non-hydrogen) atoms. The first-order valence-electron chi connectivity index (χ1n) is 6.60. The third-order valence-electron chi connectivity index (χ3n) is 2.95. The fraction of sp³-hybridized carbons (Fsp3) is 0.846. The molecule has 0 saturated carbocycles. The van der Waals surface area contributed by atoms with Crippen LogP contribution in [-0.4, -0.2) is 57.9 Å². The van der Waals surface area contributed by atoms with Crippen LogP contribution in [0.2, 0.25) is 0 Å². The minimum Gasteiger partial charge on any atom is -0.481 e. The van der Waals surface area contributed by atoms with Crippen LogP contribution >= 0.6 is 0 Å². The molecule has 0 spiro atoms. The molecular weight excluding hydrogens is 250 g/mol. The van der Waals surface area contributed by atoms with E-state index in [0.29, 0.717) is 19.4 Å². The SMILES string of the molecule is CC(C)CC(C(=O)O)N(CCCO)CC(C)C(=O)O. The van der Waals surface area contributed by atoms with E-state index in [1.165, 1.54) is 0 Å². The first-order valence-corrected chi connectivity index (χ1v) is 6.60. The van der Waals surface area contributed by atoms with Crippen molar-refractivity contribution in [1.29, 1.82) is 0 Å². The van der Waals surface area contributed by atoms with E-state index >= 15 is 0 Å². The second kappa shape index (κ2) is 8.87. The van der Waals surface area contributed by atoms with Gasteiger partial charge in [-0.05, 0) is 18.8 Å². The summed E-state index contributed by atoms with van der Waals surface area (Å²) in [5, 5.41) is 27.1. The smallest absolute Gasteiger partial charge is 0.320 e. The van der Waals surface area contributed by atoms with Crippen molar-refractivity contribution in [3.63, 3.8) is 0 Å². The van der Waals surface area contributed by atoms with Gasteiger partial charge in [0.05, 0.1) is 5.92 Å². The predicted molar refractivity (Wildman–Crippen MR) is 71.0 cm³/mol. The van der Waals surface area contributed by atoms with Crippen LogP contribution in [0.3, 0.4) is 0 Å². The summed E-state index contributed by atoms with van der Waals surface area (Å²) in [5.74, 6) is -2.31. The minimum absolute atomic E-state index is 0.0357. The lowest BCUT2D eigenvalue weighted by Crippen LogP contribution is -2.45. The number of hydrogen-bond donors (Lipinski definition) is 3. The van der Waals surface area contributed by atoms with E-state index in [1.807, 2.05) is 13.8 Å². The lowest BCUT2D eigenvalue weighted by Gasteiger charge is -2.31. The van der Waals surface area contributed by atoms with E-state index in [1.54, 1.807) is 11.8 Å². The number of nitrogens with zero attached hydrogens (tertiary/aromatic N) is 1. The topological polar surface area (TPSA) is 98.1 Å². The molecule has 0 saturated heterocycles. The van der Waals surface area contributed by atoms with E-state index in [2.05, 4.69) is 0 Å². The highest BCUT2D eigenvalue weighted by molar-refractivity contribution is 5.74. The summed E-state index contributed by atoms with van der Waals surface area (Å²) in [5.41, 5.74) is 0. The van der Waals surface area contributed by atoms with Gasteiger partial charge >= 0.3 is 11.9 Å². The van der Waals surface area contributed by atoms with Crippen LogP contribution in [0.5, 0.6) is 0 Å². The zero-order valence-corrected chi connectivity index (χ0v) is 11.9. The molecule has 0 rings (SSSR count). The zero-order valence-electron chi connectivity index (χ0n) is 11.9. The Labute approximate surface area is 114 Å². The molecule has 0 aliphatic heterocycles. The minimum atomic E-state index is -0.942. The molecule has 2 atom stereocenters. The van der Waals surface area contributed by atoms with Crippen molar-refractivity contribution in [3.05, 3.63) is 0 Å². The van der Waals surface area contributed by atoms with Crippen LogP contribution in [-0.2, 0) is 9.59 Å². The Hall–Kier alpha value is -1.14. The van der Waals surface area contributed by atoms with Gasteiger partial charge in [-0.2, -0.15) is 0 Å². The summed E-state index contributed by atoms with van der Waals surface area (Å²) in [6.07, 6.45) is 0.904. The highest BCUT2D eigenvalue weighted by atomic mass is 16.4. The molecule has 0 aromatic carbocycles. The maximum absolute atomic E-state index is 11.3. The number of carboxylic acid groups (broad SMARTS) is 2. The average Bonchev–Trinajstić information content (AvgIpc) is 2.30. The molecule has 3 N–H and O–H groups in total. The Balaban J connectivity index is 4.84. The van der Waals surface area contributed by atoms with Gasteiger partial charge in [0.15, 0.2) is 0 Å². The number of aliphatic hydroxyl groups is 1. The van der Waals surface area contributed by atoms with Crippen LogP contribution < -0.4 is 0 Å². The molecule has 112 valence electrons. The Kier molecular flexibility index (Phi) is 8.34. The highest BCUT2D eigenvalue weighted by Crippen LogP contribution is 2.15. The van der Waals surface area contributed by atoms with Crippen LogP contribution in [0.1, 0.15) is 33.6 Å².